The molecule has 0 spiro atoms. The second-order valence-corrected chi connectivity index (χ2v) is 4.44. The molecular formula is C14H23ClIN3O. The molecule has 0 aliphatic carbocycles. The van der Waals surface area contributed by atoms with E-state index in [0.717, 1.165) is 37.1 Å². The van der Waals surface area contributed by atoms with E-state index in [0.29, 0.717) is 6.61 Å². The van der Waals surface area contributed by atoms with E-state index in [4.69, 9.17) is 16.3 Å². The first kappa shape index (κ1) is 19.5. The van der Waals surface area contributed by atoms with E-state index < -0.39 is 0 Å². The molecular weight excluding hydrogens is 389 g/mol. The van der Waals surface area contributed by atoms with Crippen molar-refractivity contribution in [2.75, 3.05) is 33.4 Å². The highest BCUT2D eigenvalue weighted by Crippen LogP contribution is 2.10. The minimum atomic E-state index is 0. The Kier molecular flexibility index (Phi) is 11.9. The Morgan fingerprint density at radius 1 is 1.30 bits per heavy atom. The maximum Gasteiger partial charge on any atom is 0.191 e. The molecule has 0 amide bonds. The molecule has 0 aromatic heterocycles. The first-order chi connectivity index (χ1) is 9.26. The quantitative estimate of drug-likeness (QED) is 0.314. The summed E-state index contributed by atoms with van der Waals surface area (Å²) in [6.45, 7) is 4.98. The van der Waals surface area contributed by atoms with Gasteiger partial charge in [0.1, 0.15) is 0 Å². The Balaban J connectivity index is 0.00000361. The molecule has 1 aromatic carbocycles. The lowest BCUT2D eigenvalue weighted by Crippen LogP contribution is -2.39. The van der Waals surface area contributed by atoms with Crippen molar-refractivity contribution >= 4 is 41.5 Å². The van der Waals surface area contributed by atoms with Crippen molar-refractivity contribution in [2.24, 2.45) is 4.99 Å². The first-order valence-corrected chi connectivity index (χ1v) is 6.90. The maximum atomic E-state index is 5.94. The third-order valence-electron chi connectivity index (χ3n) is 2.56. The third-order valence-corrected chi connectivity index (χ3v) is 2.80. The van der Waals surface area contributed by atoms with Gasteiger partial charge in [-0.2, -0.15) is 0 Å². The first-order valence-electron chi connectivity index (χ1n) is 6.53. The number of ether oxygens (including phenoxy) is 1. The molecule has 0 saturated heterocycles. The summed E-state index contributed by atoms with van der Waals surface area (Å²) >= 11 is 5.94. The maximum absolute atomic E-state index is 5.94. The van der Waals surface area contributed by atoms with Gasteiger partial charge < -0.3 is 15.4 Å². The molecule has 0 heterocycles. The molecule has 0 radical (unpaired) electrons. The van der Waals surface area contributed by atoms with Crippen LogP contribution in [0.3, 0.4) is 0 Å². The van der Waals surface area contributed by atoms with Gasteiger partial charge in [0.25, 0.3) is 0 Å². The number of hydrogen-bond donors (Lipinski definition) is 2. The van der Waals surface area contributed by atoms with Crippen LogP contribution < -0.4 is 10.6 Å². The number of aliphatic imine (C=N–C) groups is 1. The van der Waals surface area contributed by atoms with Gasteiger partial charge in [-0.05, 0) is 31.0 Å². The molecule has 4 nitrogen and oxygen atoms in total. The lowest BCUT2D eigenvalue weighted by molar-refractivity contribution is 0.152. The van der Waals surface area contributed by atoms with Crippen LogP contribution >= 0.6 is 35.6 Å². The molecule has 6 heteroatoms. The molecule has 0 unspecified atom stereocenters. The van der Waals surface area contributed by atoms with Gasteiger partial charge in [-0.1, -0.05) is 23.7 Å². The summed E-state index contributed by atoms with van der Waals surface area (Å²) < 4.78 is 5.26. The van der Waals surface area contributed by atoms with Crippen LogP contribution in [-0.2, 0) is 11.2 Å². The highest BCUT2D eigenvalue weighted by atomic mass is 127. The van der Waals surface area contributed by atoms with Crippen LogP contribution in [0, 0.1) is 0 Å². The summed E-state index contributed by atoms with van der Waals surface area (Å²) in [4.78, 5) is 4.15. The van der Waals surface area contributed by atoms with Crippen LogP contribution in [0.25, 0.3) is 0 Å². The number of nitrogens with one attached hydrogen (secondary N) is 2. The van der Waals surface area contributed by atoms with Crippen molar-refractivity contribution in [1.82, 2.24) is 10.6 Å². The van der Waals surface area contributed by atoms with Gasteiger partial charge in [-0.15, -0.1) is 24.0 Å². The summed E-state index contributed by atoms with van der Waals surface area (Å²) in [7, 11) is 1.76. The fourth-order valence-electron chi connectivity index (χ4n) is 1.62. The van der Waals surface area contributed by atoms with Crippen LogP contribution in [-0.4, -0.2) is 39.3 Å². The van der Waals surface area contributed by atoms with Crippen molar-refractivity contribution in [1.29, 1.82) is 0 Å². The Morgan fingerprint density at radius 2 is 2.05 bits per heavy atom. The molecule has 0 bridgehead atoms. The van der Waals surface area contributed by atoms with E-state index in [-0.39, 0.29) is 24.0 Å². The number of nitrogens with zero attached hydrogens (tertiary/aromatic N) is 1. The molecule has 2 N–H and O–H groups in total. The molecule has 114 valence electrons. The number of guanidine groups is 1. The predicted octanol–water partition coefficient (Wildman–Crippen LogP) is 2.70. The van der Waals surface area contributed by atoms with E-state index in [1.54, 1.807) is 7.05 Å². The molecule has 0 aliphatic rings. The molecule has 20 heavy (non-hydrogen) atoms. The zero-order valence-electron chi connectivity index (χ0n) is 12.0. The topological polar surface area (TPSA) is 45.6 Å². The fraction of sp³-hybridized carbons (Fsp3) is 0.500. The predicted molar refractivity (Wildman–Crippen MR) is 96.4 cm³/mol. The summed E-state index contributed by atoms with van der Waals surface area (Å²) in [5.74, 6) is 0.793. The Hall–Kier alpha value is -0.530. The lowest BCUT2D eigenvalue weighted by Gasteiger charge is -2.11. The van der Waals surface area contributed by atoms with Crippen LogP contribution in [0.5, 0.6) is 0 Å². The smallest absolute Gasteiger partial charge is 0.191 e. The molecule has 1 aromatic rings. The Morgan fingerprint density at radius 3 is 2.70 bits per heavy atom. The van der Waals surface area contributed by atoms with Crippen LogP contribution in [0.1, 0.15) is 12.5 Å². The normalized spacial score (nSPS) is 10.8. The Labute approximate surface area is 143 Å². The molecule has 0 atom stereocenters. The highest BCUT2D eigenvalue weighted by Gasteiger charge is 1.98. The van der Waals surface area contributed by atoms with E-state index in [9.17, 15) is 0 Å². The van der Waals surface area contributed by atoms with Crippen LogP contribution in [0.4, 0.5) is 0 Å². The Bertz CT molecular complexity index is 402. The van der Waals surface area contributed by atoms with Crippen molar-refractivity contribution in [3.8, 4) is 0 Å². The van der Waals surface area contributed by atoms with Crippen molar-refractivity contribution in [3.05, 3.63) is 34.9 Å². The van der Waals surface area contributed by atoms with Crippen molar-refractivity contribution < 1.29 is 4.74 Å². The number of benzene rings is 1. The summed E-state index contributed by atoms with van der Waals surface area (Å²) in [6.07, 6.45) is 0.909. The molecule has 0 fully saturated rings. The summed E-state index contributed by atoms with van der Waals surface area (Å²) in [5.41, 5.74) is 1.21. The number of hydrogen-bond acceptors (Lipinski definition) is 2. The van der Waals surface area contributed by atoms with Crippen molar-refractivity contribution in [2.45, 2.75) is 13.3 Å². The van der Waals surface area contributed by atoms with E-state index >= 15 is 0 Å². The standard InChI is InChI=1S/C14H22ClN3O.HI/c1-3-19-10-9-18-14(16-2)17-8-7-12-5-4-6-13(15)11-12;/h4-6,11H,3,7-10H2,1-2H3,(H2,16,17,18);1H. The van der Waals surface area contributed by atoms with Gasteiger partial charge in [0.2, 0.25) is 0 Å². The van der Waals surface area contributed by atoms with Crippen LogP contribution in [0.15, 0.2) is 29.3 Å². The van der Waals surface area contributed by atoms with Gasteiger partial charge in [-0.25, -0.2) is 0 Å². The van der Waals surface area contributed by atoms with Gasteiger partial charge >= 0.3 is 0 Å². The lowest BCUT2D eigenvalue weighted by atomic mass is 10.1. The highest BCUT2D eigenvalue weighted by molar-refractivity contribution is 14.0. The minimum Gasteiger partial charge on any atom is -0.380 e. The van der Waals surface area contributed by atoms with E-state index in [2.05, 4.69) is 21.7 Å². The fourth-order valence-corrected chi connectivity index (χ4v) is 1.84. The van der Waals surface area contributed by atoms with Crippen LogP contribution in [0.2, 0.25) is 5.02 Å². The largest absolute Gasteiger partial charge is 0.380 e. The summed E-state index contributed by atoms with van der Waals surface area (Å²) in [6, 6.07) is 7.90. The zero-order valence-corrected chi connectivity index (χ0v) is 15.1. The van der Waals surface area contributed by atoms with E-state index in [1.165, 1.54) is 5.56 Å². The van der Waals surface area contributed by atoms with E-state index in [1.807, 2.05) is 25.1 Å². The summed E-state index contributed by atoms with van der Waals surface area (Å²) in [5, 5.41) is 7.22. The number of rotatable bonds is 7. The van der Waals surface area contributed by atoms with Crippen molar-refractivity contribution in [3.63, 3.8) is 0 Å². The minimum absolute atomic E-state index is 0. The molecule has 0 aliphatic heterocycles. The van der Waals surface area contributed by atoms with Gasteiger partial charge in [0, 0.05) is 31.8 Å². The average Bonchev–Trinajstić information content (AvgIpc) is 2.41. The monoisotopic (exact) mass is 411 g/mol. The average molecular weight is 412 g/mol. The second-order valence-electron chi connectivity index (χ2n) is 4.00. The third kappa shape index (κ3) is 8.60. The van der Waals surface area contributed by atoms with Gasteiger partial charge in [0.05, 0.1) is 6.61 Å². The van der Waals surface area contributed by atoms with Gasteiger partial charge in [0.15, 0.2) is 5.96 Å². The molecule has 1 rings (SSSR count). The van der Waals surface area contributed by atoms with Gasteiger partial charge in [-0.3, -0.25) is 4.99 Å². The SMILES string of the molecule is CCOCCNC(=NC)NCCc1cccc(Cl)c1.I. The molecule has 0 saturated carbocycles. The number of halogens is 2. The second kappa shape index (κ2) is 12.2. The zero-order chi connectivity index (χ0) is 13.9.